The molecule has 0 aliphatic heterocycles. The first-order valence-corrected chi connectivity index (χ1v) is 6.22. The Bertz CT molecular complexity index is 755. The van der Waals surface area contributed by atoms with Gasteiger partial charge in [0.05, 0.1) is 10.4 Å². The summed E-state index contributed by atoms with van der Waals surface area (Å²) in [5.41, 5.74) is 0.332. The molecule has 0 bridgehead atoms. The fourth-order valence-electron chi connectivity index (χ4n) is 1.67. The minimum absolute atomic E-state index is 0.0980. The molecule has 0 saturated carbocycles. The molecule has 0 aliphatic carbocycles. The molecule has 0 unspecified atom stereocenters. The molecule has 0 atom stereocenters. The number of aromatic nitrogens is 1. The van der Waals surface area contributed by atoms with Gasteiger partial charge in [0.2, 0.25) is 0 Å². The Kier molecular flexibility index (Phi) is 2.87. The molecule has 1 aromatic heterocycles. The van der Waals surface area contributed by atoms with Crippen LogP contribution in [0.1, 0.15) is 0 Å². The summed E-state index contributed by atoms with van der Waals surface area (Å²) in [7, 11) is 0. The van der Waals surface area contributed by atoms with Gasteiger partial charge in [0, 0.05) is 6.07 Å². The van der Waals surface area contributed by atoms with E-state index in [1.807, 2.05) is 0 Å². The quantitative estimate of drug-likeness (QED) is 0.749. The highest BCUT2D eigenvalue weighted by Gasteiger charge is 2.10. The second-order valence-corrected chi connectivity index (χ2v) is 4.89. The Morgan fingerprint density at radius 3 is 2.58 bits per heavy atom. The third-order valence-corrected chi connectivity index (χ3v) is 3.48. The highest BCUT2D eigenvalue weighted by atomic mass is 32.1. The highest BCUT2D eigenvalue weighted by Crippen LogP contribution is 2.30. The maximum Gasteiger partial charge on any atom is 0.188 e. The van der Waals surface area contributed by atoms with Crippen molar-refractivity contribution in [2.45, 2.75) is 0 Å². The maximum atomic E-state index is 13.5. The number of nitrogens with one attached hydrogen (secondary N) is 1. The van der Waals surface area contributed by atoms with Crippen LogP contribution >= 0.6 is 11.3 Å². The predicted octanol–water partition coefficient (Wildman–Crippen LogP) is 4.46. The van der Waals surface area contributed by atoms with Gasteiger partial charge in [0.25, 0.3) is 0 Å². The third kappa shape index (κ3) is 2.26. The zero-order valence-electron chi connectivity index (χ0n) is 9.45. The second-order valence-electron chi connectivity index (χ2n) is 3.85. The number of nitrogens with zero attached hydrogens (tertiary/aromatic N) is 1. The van der Waals surface area contributed by atoms with Crippen molar-refractivity contribution in [3.05, 3.63) is 53.8 Å². The minimum atomic E-state index is -0.722. The largest absolute Gasteiger partial charge is 0.329 e. The molecule has 1 N–H and O–H groups in total. The lowest BCUT2D eigenvalue weighted by molar-refractivity contribution is 0.586. The van der Waals surface area contributed by atoms with Crippen LogP contribution in [0.15, 0.2) is 36.4 Å². The normalized spacial score (nSPS) is 10.9. The van der Waals surface area contributed by atoms with Gasteiger partial charge in [0.15, 0.2) is 5.13 Å². The van der Waals surface area contributed by atoms with Gasteiger partial charge in [-0.2, -0.15) is 0 Å². The number of thiazole rings is 1. The lowest BCUT2D eigenvalue weighted by atomic mass is 10.3. The number of hydrogen-bond acceptors (Lipinski definition) is 3. The van der Waals surface area contributed by atoms with Crippen LogP contribution in [-0.4, -0.2) is 4.98 Å². The Balaban J connectivity index is 1.99. The number of hydrogen-bond donors (Lipinski definition) is 1. The SMILES string of the molecule is Fc1ccc(Nc2nc3c(F)cccc3s2)c(F)c1. The molecule has 0 radical (unpaired) electrons. The summed E-state index contributed by atoms with van der Waals surface area (Å²) in [5.74, 6) is -1.81. The van der Waals surface area contributed by atoms with E-state index in [9.17, 15) is 13.2 Å². The van der Waals surface area contributed by atoms with Gasteiger partial charge in [-0.3, -0.25) is 0 Å². The van der Waals surface area contributed by atoms with Gasteiger partial charge in [-0.1, -0.05) is 17.4 Å². The molecule has 3 aromatic rings. The van der Waals surface area contributed by atoms with E-state index in [1.54, 1.807) is 12.1 Å². The van der Waals surface area contributed by atoms with Crippen LogP contribution in [0.3, 0.4) is 0 Å². The monoisotopic (exact) mass is 280 g/mol. The molecular weight excluding hydrogens is 273 g/mol. The number of benzene rings is 2. The summed E-state index contributed by atoms with van der Waals surface area (Å²) < 4.78 is 40.4. The van der Waals surface area contributed by atoms with Gasteiger partial charge in [-0.05, 0) is 24.3 Å². The van der Waals surface area contributed by atoms with Crippen molar-refractivity contribution in [3.8, 4) is 0 Å². The zero-order chi connectivity index (χ0) is 13.4. The molecule has 6 heteroatoms. The van der Waals surface area contributed by atoms with Crippen molar-refractivity contribution in [2.75, 3.05) is 5.32 Å². The van der Waals surface area contributed by atoms with E-state index < -0.39 is 17.5 Å². The van der Waals surface area contributed by atoms with Crippen molar-refractivity contribution in [1.29, 1.82) is 0 Å². The molecule has 0 aliphatic rings. The van der Waals surface area contributed by atoms with Crippen LogP contribution < -0.4 is 5.32 Å². The van der Waals surface area contributed by atoms with Crippen LogP contribution in [0.5, 0.6) is 0 Å². The van der Waals surface area contributed by atoms with E-state index in [1.165, 1.54) is 23.5 Å². The Hall–Kier alpha value is -2.08. The van der Waals surface area contributed by atoms with Crippen molar-refractivity contribution in [3.63, 3.8) is 0 Å². The fraction of sp³-hybridized carbons (Fsp3) is 0. The Morgan fingerprint density at radius 1 is 1.00 bits per heavy atom. The highest BCUT2D eigenvalue weighted by molar-refractivity contribution is 7.22. The molecule has 0 spiro atoms. The third-order valence-electron chi connectivity index (χ3n) is 2.54. The van der Waals surface area contributed by atoms with E-state index in [0.717, 1.165) is 12.1 Å². The van der Waals surface area contributed by atoms with E-state index >= 15 is 0 Å². The molecule has 0 fully saturated rings. The number of rotatable bonds is 2. The number of para-hydroxylation sites is 1. The summed E-state index contributed by atoms with van der Waals surface area (Å²) in [5, 5.41) is 3.07. The molecule has 96 valence electrons. The van der Waals surface area contributed by atoms with E-state index in [2.05, 4.69) is 10.3 Å². The molecule has 3 rings (SSSR count). The Labute approximate surface area is 110 Å². The topological polar surface area (TPSA) is 24.9 Å². The van der Waals surface area contributed by atoms with Crippen molar-refractivity contribution >= 4 is 32.4 Å². The lowest BCUT2D eigenvalue weighted by Crippen LogP contribution is -1.93. The van der Waals surface area contributed by atoms with Crippen LogP contribution in [-0.2, 0) is 0 Å². The average Bonchev–Trinajstić information content (AvgIpc) is 2.77. The van der Waals surface area contributed by atoms with Gasteiger partial charge in [0.1, 0.15) is 23.0 Å². The first-order valence-electron chi connectivity index (χ1n) is 5.40. The summed E-state index contributed by atoms with van der Waals surface area (Å²) >= 11 is 1.20. The first kappa shape index (κ1) is 12.0. The maximum absolute atomic E-state index is 13.5. The van der Waals surface area contributed by atoms with E-state index in [-0.39, 0.29) is 11.2 Å². The average molecular weight is 280 g/mol. The smallest absolute Gasteiger partial charge is 0.188 e. The number of halogens is 3. The second kappa shape index (κ2) is 4.55. The van der Waals surface area contributed by atoms with Crippen molar-refractivity contribution < 1.29 is 13.2 Å². The summed E-state index contributed by atoms with van der Waals surface area (Å²) in [6.07, 6.45) is 0. The standard InChI is InChI=1S/C13H7F3N2S/c14-7-4-5-10(9(16)6-7)17-13-18-12-8(15)2-1-3-11(12)19-13/h1-6H,(H,17,18). The summed E-state index contributed by atoms with van der Waals surface area (Å²) in [4.78, 5) is 4.04. The summed E-state index contributed by atoms with van der Waals surface area (Å²) in [6, 6.07) is 7.80. The molecule has 19 heavy (non-hydrogen) atoms. The van der Waals surface area contributed by atoms with E-state index in [4.69, 9.17) is 0 Å². The minimum Gasteiger partial charge on any atom is -0.329 e. The van der Waals surface area contributed by atoms with E-state index in [0.29, 0.717) is 9.83 Å². The zero-order valence-corrected chi connectivity index (χ0v) is 10.3. The molecule has 2 aromatic carbocycles. The van der Waals surface area contributed by atoms with Gasteiger partial charge in [-0.25, -0.2) is 18.2 Å². The molecule has 0 amide bonds. The van der Waals surface area contributed by atoms with Crippen LogP contribution in [0.25, 0.3) is 10.2 Å². The van der Waals surface area contributed by atoms with Gasteiger partial charge in [-0.15, -0.1) is 0 Å². The summed E-state index contributed by atoms with van der Waals surface area (Å²) in [6.45, 7) is 0. The van der Waals surface area contributed by atoms with Crippen LogP contribution in [0.4, 0.5) is 24.0 Å². The lowest BCUT2D eigenvalue weighted by Gasteiger charge is -2.03. The fourth-order valence-corrected chi connectivity index (χ4v) is 2.57. The van der Waals surface area contributed by atoms with Gasteiger partial charge < -0.3 is 5.32 Å². The number of anilines is 2. The van der Waals surface area contributed by atoms with Crippen molar-refractivity contribution in [1.82, 2.24) is 4.98 Å². The molecule has 2 nitrogen and oxygen atoms in total. The predicted molar refractivity (Wildman–Crippen MR) is 69.2 cm³/mol. The number of fused-ring (bicyclic) bond motifs is 1. The molecular formula is C13H7F3N2S. The van der Waals surface area contributed by atoms with Gasteiger partial charge >= 0.3 is 0 Å². The first-order chi connectivity index (χ1) is 9.13. The molecule has 1 heterocycles. The van der Waals surface area contributed by atoms with Crippen LogP contribution in [0, 0.1) is 17.5 Å². The molecule has 0 saturated heterocycles. The van der Waals surface area contributed by atoms with Crippen molar-refractivity contribution in [2.24, 2.45) is 0 Å². The Morgan fingerprint density at radius 2 is 1.84 bits per heavy atom. The van der Waals surface area contributed by atoms with Crippen LogP contribution in [0.2, 0.25) is 0 Å².